The summed E-state index contributed by atoms with van der Waals surface area (Å²) in [5.41, 5.74) is 5.44. The number of aliphatic imine (C=N–C) groups is 1. The molecule has 2 aromatic heterocycles. The van der Waals surface area contributed by atoms with Crippen molar-refractivity contribution in [2.45, 2.75) is 32.7 Å². The van der Waals surface area contributed by atoms with Gasteiger partial charge in [0.25, 0.3) is 0 Å². The van der Waals surface area contributed by atoms with Crippen molar-refractivity contribution in [3.05, 3.63) is 59.4 Å². The SMILES string of the molecule is C/N=C/c1[nH]nnc1-c1cccn1Cc1ccc(C(C)(C)C)cc1. The Labute approximate surface area is 142 Å². The minimum Gasteiger partial charge on any atom is -0.342 e. The zero-order valence-electron chi connectivity index (χ0n) is 14.6. The number of benzene rings is 1. The second-order valence-electron chi connectivity index (χ2n) is 6.93. The van der Waals surface area contributed by atoms with Crippen LogP contribution >= 0.6 is 0 Å². The van der Waals surface area contributed by atoms with E-state index >= 15 is 0 Å². The number of nitrogens with one attached hydrogen (secondary N) is 1. The summed E-state index contributed by atoms with van der Waals surface area (Å²) < 4.78 is 2.18. The molecule has 5 nitrogen and oxygen atoms in total. The van der Waals surface area contributed by atoms with E-state index in [0.29, 0.717) is 0 Å². The Morgan fingerprint density at radius 3 is 2.58 bits per heavy atom. The Morgan fingerprint density at radius 2 is 1.92 bits per heavy atom. The van der Waals surface area contributed by atoms with Crippen LogP contribution in [0.4, 0.5) is 0 Å². The summed E-state index contributed by atoms with van der Waals surface area (Å²) in [6.45, 7) is 7.48. The van der Waals surface area contributed by atoms with Gasteiger partial charge in [-0.3, -0.25) is 10.1 Å². The highest BCUT2D eigenvalue weighted by molar-refractivity contribution is 5.85. The van der Waals surface area contributed by atoms with E-state index in [1.54, 1.807) is 13.3 Å². The van der Waals surface area contributed by atoms with E-state index < -0.39 is 0 Å². The molecule has 0 amide bonds. The highest BCUT2D eigenvalue weighted by atomic mass is 15.3. The molecular formula is C19H23N5. The van der Waals surface area contributed by atoms with E-state index in [4.69, 9.17) is 0 Å². The molecule has 0 radical (unpaired) electrons. The highest BCUT2D eigenvalue weighted by Crippen LogP contribution is 2.24. The summed E-state index contributed by atoms with van der Waals surface area (Å²) in [4.78, 5) is 4.05. The van der Waals surface area contributed by atoms with Crippen LogP contribution < -0.4 is 0 Å². The molecule has 5 heteroatoms. The molecule has 0 saturated heterocycles. The standard InChI is InChI=1S/C19H23N5/c1-19(2,3)15-9-7-14(8-10-15)13-24-11-5-6-17(24)18-16(12-20-4)21-23-22-18/h5-12H,13H2,1-4H3,(H,21,22,23)/b20-12+. The van der Waals surface area contributed by atoms with Gasteiger partial charge in [0.2, 0.25) is 0 Å². The molecule has 3 aromatic rings. The van der Waals surface area contributed by atoms with E-state index in [-0.39, 0.29) is 5.41 Å². The van der Waals surface area contributed by atoms with Gasteiger partial charge in [-0.1, -0.05) is 50.3 Å². The number of aromatic amines is 1. The lowest BCUT2D eigenvalue weighted by molar-refractivity contribution is 0.590. The molecule has 24 heavy (non-hydrogen) atoms. The third-order valence-electron chi connectivity index (χ3n) is 4.08. The van der Waals surface area contributed by atoms with Crippen LogP contribution in [0.2, 0.25) is 0 Å². The van der Waals surface area contributed by atoms with E-state index in [0.717, 1.165) is 23.6 Å². The van der Waals surface area contributed by atoms with Crippen molar-refractivity contribution in [2.75, 3.05) is 7.05 Å². The fourth-order valence-electron chi connectivity index (χ4n) is 2.72. The minimum absolute atomic E-state index is 0.173. The largest absolute Gasteiger partial charge is 0.342 e. The van der Waals surface area contributed by atoms with E-state index in [2.05, 4.69) is 76.2 Å². The maximum atomic E-state index is 4.21. The lowest BCUT2D eigenvalue weighted by atomic mass is 9.87. The summed E-state index contributed by atoms with van der Waals surface area (Å²) in [6.07, 6.45) is 3.80. The number of nitrogens with zero attached hydrogens (tertiary/aromatic N) is 4. The maximum Gasteiger partial charge on any atom is 0.138 e. The van der Waals surface area contributed by atoms with Gasteiger partial charge in [0.15, 0.2) is 0 Å². The predicted octanol–water partition coefficient (Wildman–Crippen LogP) is 3.67. The van der Waals surface area contributed by atoms with Crippen LogP contribution in [0.25, 0.3) is 11.4 Å². The average Bonchev–Trinajstić information content (AvgIpc) is 3.16. The molecule has 0 aliphatic heterocycles. The minimum atomic E-state index is 0.173. The van der Waals surface area contributed by atoms with Crippen LogP contribution in [0.15, 0.2) is 47.6 Å². The second kappa shape index (κ2) is 6.43. The molecule has 124 valence electrons. The van der Waals surface area contributed by atoms with Gasteiger partial charge >= 0.3 is 0 Å². The first-order valence-corrected chi connectivity index (χ1v) is 8.07. The predicted molar refractivity (Wildman–Crippen MR) is 97.6 cm³/mol. The second-order valence-corrected chi connectivity index (χ2v) is 6.93. The van der Waals surface area contributed by atoms with E-state index in [9.17, 15) is 0 Å². The molecule has 0 bridgehead atoms. The molecule has 2 heterocycles. The van der Waals surface area contributed by atoms with Crippen LogP contribution in [-0.2, 0) is 12.0 Å². The number of H-pyrrole nitrogens is 1. The smallest absolute Gasteiger partial charge is 0.138 e. The first kappa shape index (κ1) is 16.2. The van der Waals surface area contributed by atoms with Crippen molar-refractivity contribution in [2.24, 2.45) is 4.99 Å². The third-order valence-corrected chi connectivity index (χ3v) is 4.08. The molecule has 3 rings (SSSR count). The Kier molecular flexibility index (Phi) is 4.34. The van der Waals surface area contributed by atoms with Gasteiger partial charge < -0.3 is 4.57 Å². The molecule has 0 fully saturated rings. The molecule has 0 unspecified atom stereocenters. The van der Waals surface area contributed by atoms with Gasteiger partial charge in [-0.15, -0.1) is 5.10 Å². The van der Waals surface area contributed by atoms with Crippen LogP contribution in [-0.4, -0.2) is 33.2 Å². The summed E-state index contributed by atoms with van der Waals surface area (Å²) in [6, 6.07) is 12.9. The van der Waals surface area contributed by atoms with Crippen LogP contribution in [0.1, 0.15) is 37.6 Å². The number of aromatic nitrogens is 4. The van der Waals surface area contributed by atoms with Gasteiger partial charge in [0, 0.05) is 26.0 Å². The quantitative estimate of drug-likeness (QED) is 0.745. The van der Waals surface area contributed by atoms with Crippen molar-refractivity contribution >= 4 is 6.21 Å². The van der Waals surface area contributed by atoms with E-state index in [1.165, 1.54) is 11.1 Å². The Morgan fingerprint density at radius 1 is 1.17 bits per heavy atom. The number of rotatable bonds is 4. The molecule has 0 spiro atoms. The summed E-state index contributed by atoms with van der Waals surface area (Å²) >= 11 is 0. The zero-order valence-corrected chi connectivity index (χ0v) is 14.6. The Hall–Kier alpha value is -2.69. The van der Waals surface area contributed by atoms with Crippen molar-refractivity contribution < 1.29 is 0 Å². The van der Waals surface area contributed by atoms with Gasteiger partial charge in [0.1, 0.15) is 11.4 Å². The normalized spacial score (nSPS) is 12.2. The highest BCUT2D eigenvalue weighted by Gasteiger charge is 2.14. The summed E-state index contributed by atoms with van der Waals surface area (Å²) in [5.74, 6) is 0. The fraction of sp³-hybridized carbons (Fsp3) is 0.316. The third kappa shape index (κ3) is 3.30. The van der Waals surface area contributed by atoms with Crippen molar-refractivity contribution in [1.29, 1.82) is 0 Å². The summed E-state index contributed by atoms with van der Waals surface area (Å²) in [7, 11) is 1.74. The van der Waals surface area contributed by atoms with Crippen molar-refractivity contribution in [1.82, 2.24) is 20.0 Å². The molecule has 1 N–H and O–H groups in total. The van der Waals surface area contributed by atoms with Crippen molar-refractivity contribution in [3.63, 3.8) is 0 Å². The van der Waals surface area contributed by atoms with Gasteiger partial charge in [0.05, 0.1) is 5.69 Å². The van der Waals surface area contributed by atoms with Crippen molar-refractivity contribution in [3.8, 4) is 11.4 Å². The van der Waals surface area contributed by atoms with Gasteiger partial charge in [-0.25, -0.2) is 0 Å². The first-order chi connectivity index (χ1) is 11.5. The Bertz CT molecular complexity index is 831. The maximum absolute atomic E-state index is 4.21. The van der Waals surface area contributed by atoms with E-state index in [1.807, 2.05) is 12.1 Å². The Balaban J connectivity index is 1.87. The topological polar surface area (TPSA) is 58.9 Å². The van der Waals surface area contributed by atoms with Gasteiger partial charge in [-0.05, 0) is 28.7 Å². The molecular weight excluding hydrogens is 298 g/mol. The van der Waals surface area contributed by atoms with Crippen LogP contribution in [0.3, 0.4) is 0 Å². The van der Waals surface area contributed by atoms with Crippen LogP contribution in [0, 0.1) is 0 Å². The lowest BCUT2D eigenvalue weighted by Gasteiger charge is -2.19. The molecule has 1 aromatic carbocycles. The summed E-state index contributed by atoms with van der Waals surface area (Å²) in [5, 5.41) is 11.0. The van der Waals surface area contributed by atoms with Crippen LogP contribution in [0.5, 0.6) is 0 Å². The number of hydrogen-bond donors (Lipinski definition) is 1. The molecule has 0 saturated carbocycles. The first-order valence-electron chi connectivity index (χ1n) is 8.07. The average molecular weight is 321 g/mol. The molecule has 0 aliphatic rings. The zero-order chi connectivity index (χ0) is 17.2. The molecule has 0 atom stereocenters. The molecule has 0 aliphatic carbocycles. The fourth-order valence-corrected chi connectivity index (χ4v) is 2.72. The lowest BCUT2D eigenvalue weighted by Crippen LogP contribution is -2.11. The number of hydrogen-bond acceptors (Lipinski definition) is 3. The van der Waals surface area contributed by atoms with Gasteiger partial charge in [-0.2, -0.15) is 0 Å². The monoisotopic (exact) mass is 321 g/mol.